The molecule has 28 heavy (non-hydrogen) atoms. The van der Waals surface area contributed by atoms with Crippen LogP contribution in [0.5, 0.6) is 11.5 Å². The maximum Gasteiger partial charge on any atom is 0.221 e. The molecule has 2 N–H and O–H groups in total. The second-order valence-electron chi connectivity index (χ2n) is 7.12. The number of rotatable bonds is 7. The molecule has 2 rings (SSSR count). The summed E-state index contributed by atoms with van der Waals surface area (Å²) in [6.07, 6.45) is 0. The Morgan fingerprint density at radius 3 is 1.39 bits per heavy atom. The summed E-state index contributed by atoms with van der Waals surface area (Å²) in [5, 5.41) is 20.3. The number of aromatic hydroxyl groups is 2. The highest BCUT2D eigenvalue weighted by atomic mass is 32.2. The van der Waals surface area contributed by atoms with Crippen LogP contribution >= 0.6 is 23.5 Å². The topological polar surface area (TPSA) is 74.6 Å². The van der Waals surface area contributed by atoms with Gasteiger partial charge in [-0.2, -0.15) is 0 Å². The number of thioether (sulfide) groups is 2. The zero-order valence-electron chi connectivity index (χ0n) is 16.6. The lowest BCUT2D eigenvalue weighted by Gasteiger charge is -2.02. The molecule has 0 aliphatic heterocycles. The second kappa shape index (κ2) is 10.0. The molecule has 0 fully saturated rings. The fourth-order valence-corrected chi connectivity index (χ4v) is 4.44. The first kappa shape index (κ1) is 22.4. The van der Waals surface area contributed by atoms with E-state index in [1.54, 1.807) is 12.1 Å². The molecule has 0 radical (unpaired) electrons. The highest BCUT2D eigenvalue weighted by Gasteiger charge is 2.10. The summed E-state index contributed by atoms with van der Waals surface area (Å²) < 4.78 is 0. The molecule has 0 heterocycles. The Morgan fingerprint density at radius 1 is 0.714 bits per heavy atom. The van der Waals surface area contributed by atoms with Crippen LogP contribution in [-0.4, -0.2) is 21.7 Å². The van der Waals surface area contributed by atoms with E-state index in [1.165, 1.54) is 35.7 Å². The van der Waals surface area contributed by atoms with E-state index < -0.39 is 0 Å². The van der Waals surface area contributed by atoms with Gasteiger partial charge in [-0.15, -0.1) is 23.5 Å². The maximum atomic E-state index is 12.1. The van der Waals surface area contributed by atoms with Gasteiger partial charge in [-0.05, 0) is 47.2 Å². The molecule has 0 aromatic heterocycles. The summed E-state index contributed by atoms with van der Waals surface area (Å²) in [5.74, 6) is 1.15. The molecule has 2 aromatic carbocycles. The van der Waals surface area contributed by atoms with Gasteiger partial charge in [-0.1, -0.05) is 39.8 Å². The molecule has 0 saturated carbocycles. The van der Waals surface area contributed by atoms with E-state index >= 15 is 0 Å². The first-order chi connectivity index (χ1) is 13.2. The SMILES string of the molecule is CC(C)c1ccc(SCCSc2ccc(C(C)C)cc(=O)c2O)c(O)c(=O)c1. The standard InChI is InChI=1S/C22H26O4S2/c1-13(2)15-5-7-19(21(25)17(23)11-15)27-9-10-28-20-8-6-16(14(3)4)12-18(24)22(20)26/h5-8,11-14H,9-10H2,1-4H3,(H,23,25)(H,24,26). The van der Waals surface area contributed by atoms with Gasteiger partial charge in [0.1, 0.15) is 0 Å². The molecular formula is C22H26O4S2. The molecule has 0 bridgehead atoms. The van der Waals surface area contributed by atoms with Gasteiger partial charge < -0.3 is 10.2 Å². The third-order valence-corrected chi connectivity index (χ3v) is 6.67. The molecule has 4 nitrogen and oxygen atoms in total. The van der Waals surface area contributed by atoms with Gasteiger partial charge in [0.25, 0.3) is 0 Å². The Hall–Kier alpha value is -1.92. The molecule has 6 heteroatoms. The average Bonchev–Trinajstić information content (AvgIpc) is 2.87. The quantitative estimate of drug-likeness (QED) is 0.489. The molecule has 0 amide bonds. The van der Waals surface area contributed by atoms with Crippen molar-refractivity contribution in [2.24, 2.45) is 0 Å². The summed E-state index contributed by atoms with van der Waals surface area (Å²) >= 11 is 2.76. The van der Waals surface area contributed by atoms with Crippen molar-refractivity contribution in [2.75, 3.05) is 11.5 Å². The molecule has 0 aliphatic rings. The molecule has 0 unspecified atom stereocenters. The highest BCUT2D eigenvalue weighted by Crippen LogP contribution is 2.30. The van der Waals surface area contributed by atoms with Crippen LogP contribution in [0.15, 0.2) is 55.8 Å². The fourth-order valence-electron chi connectivity index (χ4n) is 2.53. The summed E-state index contributed by atoms with van der Waals surface area (Å²) in [6.45, 7) is 7.99. The maximum absolute atomic E-state index is 12.1. The molecule has 0 spiro atoms. The van der Waals surface area contributed by atoms with E-state index in [-0.39, 0.29) is 34.2 Å². The molecule has 0 saturated heterocycles. The Labute approximate surface area is 174 Å². The number of hydrogen-bond acceptors (Lipinski definition) is 6. The minimum absolute atomic E-state index is 0.201. The predicted molar refractivity (Wildman–Crippen MR) is 118 cm³/mol. The second-order valence-corrected chi connectivity index (χ2v) is 9.39. The van der Waals surface area contributed by atoms with Crippen LogP contribution in [0.1, 0.15) is 50.7 Å². The van der Waals surface area contributed by atoms with Crippen molar-refractivity contribution in [3.05, 3.63) is 68.0 Å². The van der Waals surface area contributed by atoms with Gasteiger partial charge in [0.2, 0.25) is 10.9 Å². The monoisotopic (exact) mass is 418 g/mol. The molecule has 2 aromatic rings. The zero-order valence-corrected chi connectivity index (χ0v) is 18.2. The van der Waals surface area contributed by atoms with Crippen LogP contribution in [0.2, 0.25) is 0 Å². The zero-order chi connectivity index (χ0) is 20.8. The van der Waals surface area contributed by atoms with Gasteiger partial charge in [0, 0.05) is 11.5 Å². The van der Waals surface area contributed by atoms with Crippen LogP contribution in [0.25, 0.3) is 0 Å². The first-order valence-electron chi connectivity index (χ1n) is 9.20. The van der Waals surface area contributed by atoms with Crippen molar-refractivity contribution in [1.82, 2.24) is 0 Å². The minimum atomic E-state index is -0.381. The van der Waals surface area contributed by atoms with Crippen LogP contribution in [0, 0.1) is 0 Å². The largest absolute Gasteiger partial charge is 0.503 e. The highest BCUT2D eigenvalue weighted by molar-refractivity contribution is 8.03. The smallest absolute Gasteiger partial charge is 0.221 e. The fraction of sp³-hybridized carbons (Fsp3) is 0.364. The van der Waals surface area contributed by atoms with Gasteiger partial charge in [-0.3, -0.25) is 9.59 Å². The van der Waals surface area contributed by atoms with Crippen LogP contribution in [-0.2, 0) is 0 Å². The van der Waals surface area contributed by atoms with Crippen molar-refractivity contribution in [3.8, 4) is 11.5 Å². The van der Waals surface area contributed by atoms with Crippen molar-refractivity contribution in [3.63, 3.8) is 0 Å². The third-order valence-electron chi connectivity index (χ3n) is 4.32. The Balaban J connectivity index is 2.10. The minimum Gasteiger partial charge on any atom is -0.503 e. The van der Waals surface area contributed by atoms with E-state index in [0.29, 0.717) is 21.3 Å². The normalized spacial score (nSPS) is 11.2. The van der Waals surface area contributed by atoms with Crippen molar-refractivity contribution in [2.45, 2.75) is 49.3 Å². The van der Waals surface area contributed by atoms with Gasteiger partial charge in [0.05, 0.1) is 9.79 Å². The average molecular weight is 419 g/mol. The summed E-state index contributed by atoms with van der Waals surface area (Å²) in [4.78, 5) is 25.2. The molecule has 150 valence electrons. The van der Waals surface area contributed by atoms with Gasteiger partial charge in [0.15, 0.2) is 11.5 Å². The first-order valence-corrected chi connectivity index (χ1v) is 11.2. The lowest BCUT2D eigenvalue weighted by atomic mass is 10.1. The van der Waals surface area contributed by atoms with Crippen LogP contribution in [0.4, 0.5) is 0 Å². The van der Waals surface area contributed by atoms with Crippen LogP contribution in [0.3, 0.4) is 0 Å². The van der Waals surface area contributed by atoms with E-state index in [2.05, 4.69) is 0 Å². The lowest BCUT2D eigenvalue weighted by molar-refractivity contribution is 0.457. The molecule has 0 aliphatic carbocycles. The summed E-state index contributed by atoms with van der Waals surface area (Å²) in [7, 11) is 0. The summed E-state index contributed by atoms with van der Waals surface area (Å²) in [5.41, 5.74) is 1.00. The van der Waals surface area contributed by atoms with E-state index in [9.17, 15) is 19.8 Å². The molecular weight excluding hydrogens is 392 g/mol. The summed E-state index contributed by atoms with van der Waals surface area (Å²) in [6, 6.07) is 10.2. The lowest BCUT2D eigenvalue weighted by Crippen LogP contribution is -1.98. The van der Waals surface area contributed by atoms with Crippen molar-refractivity contribution in [1.29, 1.82) is 0 Å². The Kier molecular flexibility index (Phi) is 8.01. The van der Waals surface area contributed by atoms with Crippen molar-refractivity contribution < 1.29 is 10.2 Å². The van der Waals surface area contributed by atoms with Crippen LogP contribution < -0.4 is 10.9 Å². The molecule has 0 atom stereocenters. The predicted octanol–water partition coefficient (Wildman–Crippen LogP) is 4.95. The van der Waals surface area contributed by atoms with Gasteiger partial charge >= 0.3 is 0 Å². The van der Waals surface area contributed by atoms with E-state index in [4.69, 9.17) is 0 Å². The third kappa shape index (κ3) is 5.79. The Morgan fingerprint density at radius 2 is 1.07 bits per heavy atom. The van der Waals surface area contributed by atoms with E-state index in [0.717, 1.165) is 11.1 Å². The Bertz CT molecular complexity index is 877. The van der Waals surface area contributed by atoms with Crippen molar-refractivity contribution >= 4 is 23.5 Å². The van der Waals surface area contributed by atoms with E-state index in [1.807, 2.05) is 39.8 Å². The van der Waals surface area contributed by atoms with Gasteiger partial charge in [-0.25, -0.2) is 0 Å². The number of hydrogen-bond donors (Lipinski definition) is 2.